The van der Waals surface area contributed by atoms with Crippen molar-refractivity contribution < 1.29 is 56.0 Å². The topological polar surface area (TPSA) is 236 Å². The van der Waals surface area contributed by atoms with Crippen LogP contribution in [0.3, 0.4) is 0 Å². The van der Waals surface area contributed by atoms with E-state index < -0.39 is 80.8 Å². The van der Waals surface area contributed by atoms with Crippen molar-refractivity contribution in [2.75, 3.05) is 13.1 Å². The second kappa shape index (κ2) is 9.37. The maximum absolute atomic E-state index is 11.0. The molecule has 0 bridgehead atoms. The SMILES string of the molecule is O=C(O)CC(C(O)CNCC(O)C(CC(=O)O)S(=O)(=O)O)S(=O)(=O)O. The molecule has 0 aromatic heterocycles. The first-order chi connectivity index (χ1) is 11.2. The maximum Gasteiger partial charge on any atom is 0.304 e. The van der Waals surface area contributed by atoms with Gasteiger partial charge in [0.15, 0.2) is 0 Å². The van der Waals surface area contributed by atoms with E-state index in [1.165, 1.54) is 0 Å². The standard InChI is InChI=1S/C10H19NO12S2/c12-5(7(1-9(14)15)24(18,19)20)3-11-4-6(13)8(2-10(16)17)25(21,22)23/h5-8,11-13H,1-4H2,(H,14,15)(H,16,17)(H,18,19,20)(H,21,22,23). The first-order valence-electron chi connectivity index (χ1n) is 6.59. The Balaban J connectivity index is 4.85. The lowest BCUT2D eigenvalue weighted by atomic mass is 10.1. The van der Waals surface area contributed by atoms with Crippen molar-refractivity contribution in [3.05, 3.63) is 0 Å². The fourth-order valence-electron chi connectivity index (χ4n) is 1.87. The Bertz CT molecular complexity index is 614. The Morgan fingerprint density at radius 2 is 1.04 bits per heavy atom. The third kappa shape index (κ3) is 9.05. The van der Waals surface area contributed by atoms with Crippen LogP contribution >= 0.6 is 0 Å². The van der Waals surface area contributed by atoms with Crippen LogP contribution in [0.2, 0.25) is 0 Å². The third-order valence-electron chi connectivity index (χ3n) is 3.08. The second-order valence-corrected chi connectivity index (χ2v) is 8.37. The van der Waals surface area contributed by atoms with Crippen molar-refractivity contribution in [3.63, 3.8) is 0 Å². The summed E-state index contributed by atoms with van der Waals surface area (Å²) in [6.45, 7) is -1.36. The summed E-state index contributed by atoms with van der Waals surface area (Å²) in [5, 5.41) is 34.4. The minimum Gasteiger partial charge on any atom is -0.481 e. The zero-order valence-electron chi connectivity index (χ0n) is 12.6. The molecule has 0 saturated carbocycles. The molecule has 15 heteroatoms. The van der Waals surface area contributed by atoms with Crippen molar-refractivity contribution in [3.8, 4) is 0 Å². The number of hydrogen-bond donors (Lipinski definition) is 7. The van der Waals surface area contributed by atoms with Gasteiger partial charge in [-0.1, -0.05) is 0 Å². The fourth-order valence-corrected chi connectivity index (χ4v) is 3.56. The molecule has 4 atom stereocenters. The lowest BCUT2D eigenvalue weighted by molar-refractivity contribution is -0.138. The molecule has 0 heterocycles. The number of aliphatic hydroxyl groups is 2. The fraction of sp³-hybridized carbons (Fsp3) is 0.800. The van der Waals surface area contributed by atoms with Gasteiger partial charge in [-0.25, -0.2) is 0 Å². The van der Waals surface area contributed by atoms with Crippen molar-refractivity contribution in [1.29, 1.82) is 0 Å². The highest BCUT2D eigenvalue weighted by molar-refractivity contribution is 7.86. The van der Waals surface area contributed by atoms with Gasteiger partial charge in [0.25, 0.3) is 20.2 Å². The molecule has 0 aliphatic rings. The number of hydrogen-bond acceptors (Lipinski definition) is 9. The van der Waals surface area contributed by atoms with Gasteiger partial charge in [0.05, 0.1) is 25.0 Å². The van der Waals surface area contributed by atoms with E-state index >= 15 is 0 Å². The van der Waals surface area contributed by atoms with Crippen LogP contribution in [-0.2, 0) is 29.8 Å². The Kier molecular flexibility index (Phi) is 8.86. The molecule has 0 radical (unpaired) electrons. The average molecular weight is 409 g/mol. The molecule has 148 valence electrons. The van der Waals surface area contributed by atoms with Crippen molar-refractivity contribution in [2.45, 2.75) is 35.5 Å². The Hall–Kier alpha value is -1.36. The number of aliphatic carboxylic acids is 2. The van der Waals surface area contributed by atoms with Crippen LogP contribution in [0.5, 0.6) is 0 Å². The van der Waals surface area contributed by atoms with Crippen LogP contribution in [0.1, 0.15) is 12.8 Å². The van der Waals surface area contributed by atoms with Crippen LogP contribution < -0.4 is 5.32 Å². The molecule has 0 saturated heterocycles. The first-order valence-corrected chi connectivity index (χ1v) is 9.60. The average Bonchev–Trinajstić information content (AvgIpc) is 2.39. The van der Waals surface area contributed by atoms with Gasteiger partial charge in [-0.2, -0.15) is 16.8 Å². The molecular weight excluding hydrogens is 390 g/mol. The highest BCUT2D eigenvalue weighted by atomic mass is 32.2. The monoisotopic (exact) mass is 409 g/mol. The van der Waals surface area contributed by atoms with Gasteiger partial charge in [0.1, 0.15) is 10.5 Å². The van der Waals surface area contributed by atoms with E-state index in [-0.39, 0.29) is 0 Å². The minimum absolute atomic E-state index is 0.680. The molecule has 4 unspecified atom stereocenters. The van der Waals surface area contributed by atoms with Gasteiger partial charge in [0, 0.05) is 13.1 Å². The van der Waals surface area contributed by atoms with E-state index in [2.05, 4.69) is 5.32 Å². The van der Waals surface area contributed by atoms with Crippen LogP contribution in [0.4, 0.5) is 0 Å². The Morgan fingerprint density at radius 1 is 0.760 bits per heavy atom. The molecule has 7 N–H and O–H groups in total. The summed E-state index contributed by atoms with van der Waals surface area (Å²) >= 11 is 0. The number of carboxylic acids is 2. The van der Waals surface area contributed by atoms with Gasteiger partial charge in [-0.3, -0.25) is 18.7 Å². The van der Waals surface area contributed by atoms with Crippen LogP contribution in [0.25, 0.3) is 0 Å². The lowest BCUT2D eigenvalue weighted by Crippen LogP contribution is -2.46. The van der Waals surface area contributed by atoms with Gasteiger partial charge >= 0.3 is 11.9 Å². The lowest BCUT2D eigenvalue weighted by Gasteiger charge is -2.22. The molecule has 13 nitrogen and oxygen atoms in total. The highest BCUT2D eigenvalue weighted by Gasteiger charge is 2.35. The number of carbonyl (C=O) groups is 2. The predicted molar refractivity (Wildman–Crippen MR) is 80.1 cm³/mol. The maximum atomic E-state index is 11.0. The molecule has 0 aromatic carbocycles. The largest absolute Gasteiger partial charge is 0.481 e. The molecule has 0 rings (SSSR count). The zero-order chi connectivity index (χ0) is 20.0. The first kappa shape index (κ1) is 23.6. The molecule has 25 heavy (non-hydrogen) atoms. The van der Waals surface area contributed by atoms with Crippen LogP contribution in [0.15, 0.2) is 0 Å². The summed E-state index contributed by atoms with van der Waals surface area (Å²) < 4.78 is 62.0. The van der Waals surface area contributed by atoms with Gasteiger partial charge < -0.3 is 25.7 Å². The van der Waals surface area contributed by atoms with Crippen molar-refractivity contribution >= 4 is 32.2 Å². The highest BCUT2D eigenvalue weighted by Crippen LogP contribution is 2.12. The normalized spacial score (nSPS) is 17.4. The number of aliphatic hydroxyl groups excluding tert-OH is 2. The van der Waals surface area contributed by atoms with E-state index in [9.17, 15) is 36.6 Å². The smallest absolute Gasteiger partial charge is 0.304 e. The number of carboxylic acid groups (broad SMARTS) is 2. The van der Waals surface area contributed by atoms with Crippen LogP contribution in [-0.4, -0.2) is 94.1 Å². The molecule has 0 spiro atoms. The second-order valence-electron chi connectivity index (χ2n) is 5.10. The summed E-state index contributed by atoms with van der Waals surface area (Å²) in [6.07, 6.45) is -6.09. The summed E-state index contributed by atoms with van der Waals surface area (Å²) in [5.74, 6) is -3.23. The molecule has 0 aliphatic carbocycles. The van der Waals surface area contributed by atoms with Crippen LogP contribution in [0, 0.1) is 0 Å². The van der Waals surface area contributed by atoms with Gasteiger partial charge in [-0.15, -0.1) is 0 Å². The summed E-state index contributed by atoms with van der Waals surface area (Å²) in [4.78, 5) is 21.1. The van der Waals surface area contributed by atoms with E-state index in [1.54, 1.807) is 0 Å². The summed E-state index contributed by atoms with van der Waals surface area (Å²) in [6, 6.07) is 0. The minimum atomic E-state index is -4.91. The quantitative estimate of drug-likeness (QED) is 0.157. The molecule has 0 aliphatic heterocycles. The van der Waals surface area contributed by atoms with E-state index in [4.69, 9.17) is 19.3 Å². The molecule has 0 amide bonds. The van der Waals surface area contributed by atoms with Gasteiger partial charge in [0.2, 0.25) is 0 Å². The third-order valence-corrected chi connectivity index (χ3v) is 5.57. The molecular formula is C10H19NO12S2. The summed E-state index contributed by atoms with van der Waals surface area (Å²) in [7, 11) is -9.82. The molecule has 0 fully saturated rings. The predicted octanol–water partition coefficient (Wildman–Crippen LogP) is -3.24. The van der Waals surface area contributed by atoms with E-state index in [1.807, 2.05) is 0 Å². The van der Waals surface area contributed by atoms with E-state index in [0.29, 0.717) is 0 Å². The number of nitrogens with one attached hydrogen (secondary N) is 1. The number of rotatable bonds is 12. The summed E-state index contributed by atoms with van der Waals surface area (Å²) in [5.41, 5.74) is 0. The molecule has 0 aromatic rings. The zero-order valence-corrected chi connectivity index (χ0v) is 14.2. The van der Waals surface area contributed by atoms with E-state index in [0.717, 1.165) is 0 Å². The van der Waals surface area contributed by atoms with Gasteiger partial charge in [-0.05, 0) is 0 Å². The Morgan fingerprint density at radius 3 is 1.24 bits per heavy atom. The van der Waals surface area contributed by atoms with Crippen molar-refractivity contribution in [1.82, 2.24) is 5.32 Å². The van der Waals surface area contributed by atoms with Crippen molar-refractivity contribution in [2.24, 2.45) is 0 Å². The Labute approximate surface area is 142 Å².